The van der Waals surface area contributed by atoms with Crippen molar-refractivity contribution in [1.82, 2.24) is 5.32 Å². The molecule has 0 heterocycles. The second kappa shape index (κ2) is 5.04. The number of carbonyl (C=O) groups is 1. The van der Waals surface area contributed by atoms with Crippen molar-refractivity contribution in [2.45, 2.75) is 44.6 Å². The van der Waals surface area contributed by atoms with Crippen LogP contribution in [0.5, 0.6) is 0 Å². The van der Waals surface area contributed by atoms with Crippen LogP contribution in [0.15, 0.2) is 24.3 Å². The van der Waals surface area contributed by atoms with Crippen LogP contribution in [-0.2, 0) is 11.2 Å². The van der Waals surface area contributed by atoms with Crippen LogP contribution in [0.2, 0.25) is 0 Å². The highest BCUT2D eigenvalue weighted by Gasteiger charge is 2.53. The van der Waals surface area contributed by atoms with Crippen LogP contribution in [0, 0.1) is 23.7 Å². The zero-order valence-electron chi connectivity index (χ0n) is 12.4. The highest BCUT2D eigenvalue weighted by Crippen LogP contribution is 2.58. The quantitative estimate of drug-likeness (QED) is 0.839. The molecule has 3 N–H and O–H groups in total. The Bertz CT molecular complexity index is 539. The van der Waals surface area contributed by atoms with Gasteiger partial charge >= 0.3 is 0 Å². The van der Waals surface area contributed by atoms with Gasteiger partial charge < -0.3 is 11.1 Å². The topological polar surface area (TPSA) is 55.1 Å². The van der Waals surface area contributed by atoms with E-state index in [-0.39, 0.29) is 5.91 Å². The lowest BCUT2D eigenvalue weighted by Gasteiger charge is -2.32. The molecule has 5 atom stereocenters. The smallest absolute Gasteiger partial charge is 0.224 e. The molecule has 21 heavy (non-hydrogen) atoms. The van der Waals surface area contributed by atoms with Gasteiger partial charge in [-0.1, -0.05) is 18.6 Å². The maximum atomic E-state index is 12.3. The summed E-state index contributed by atoms with van der Waals surface area (Å²) < 4.78 is 0. The molecule has 3 aliphatic carbocycles. The molecular weight excluding hydrogens is 260 g/mol. The third-order valence-corrected chi connectivity index (χ3v) is 6.12. The highest BCUT2D eigenvalue weighted by atomic mass is 16.1. The minimum absolute atomic E-state index is 0.173. The number of hydrogen-bond acceptors (Lipinski definition) is 2. The molecule has 0 aliphatic heterocycles. The molecule has 112 valence electrons. The Morgan fingerprint density at radius 2 is 1.86 bits per heavy atom. The molecule has 3 nitrogen and oxygen atoms in total. The number of nitrogens with two attached hydrogens (primary N) is 1. The number of benzene rings is 1. The van der Waals surface area contributed by atoms with Gasteiger partial charge in [0, 0.05) is 11.7 Å². The Hall–Kier alpha value is -1.51. The number of amides is 1. The number of fused-ring (bicyclic) bond motifs is 5. The van der Waals surface area contributed by atoms with E-state index in [1.807, 2.05) is 24.3 Å². The van der Waals surface area contributed by atoms with Crippen molar-refractivity contribution in [2.24, 2.45) is 23.7 Å². The number of carbonyl (C=O) groups excluding carboxylic acids is 1. The molecule has 0 spiro atoms. The zero-order valence-corrected chi connectivity index (χ0v) is 12.4. The maximum Gasteiger partial charge on any atom is 0.224 e. The molecule has 3 heteroatoms. The first-order valence-corrected chi connectivity index (χ1v) is 8.34. The van der Waals surface area contributed by atoms with Gasteiger partial charge in [-0.3, -0.25) is 4.79 Å². The summed E-state index contributed by atoms with van der Waals surface area (Å²) in [6.45, 7) is 0. The Morgan fingerprint density at radius 1 is 1.10 bits per heavy atom. The van der Waals surface area contributed by atoms with Crippen molar-refractivity contribution in [2.75, 3.05) is 5.73 Å². The van der Waals surface area contributed by atoms with Gasteiger partial charge in [-0.05, 0) is 67.1 Å². The Balaban J connectivity index is 1.36. The van der Waals surface area contributed by atoms with E-state index in [0.29, 0.717) is 12.5 Å². The van der Waals surface area contributed by atoms with Crippen LogP contribution in [0.3, 0.4) is 0 Å². The summed E-state index contributed by atoms with van der Waals surface area (Å²) in [6.07, 6.45) is 7.31. The molecule has 1 aromatic carbocycles. The summed E-state index contributed by atoms with van der Waals surface area (Å²) in [5, 5.41) is 3.32. The van der Waals surface area contributed by atoms with Gasteiger partial charge in [-0.25, -0.2) is 0 Å². The van der Waals surface area contributed by atoms with Crippen molar-refractivity contribution in [3.8, 4) is 0 Å². The van der Waals surface area contributed by atoms with Crippen molar-refractivity contribution in [3.05, 3.63) is 29.8 Å². The number of hydrogen-bond donors (Lipinski definition) is 2. The molecule has 2 bridgehead atoms. The molecule has 3 fully saturated rings. The Labute approximate surface area is 126 Å². The van der Waals surface area contributed by atoms with Gasteiger partial charge in [0.25, 0.3) is 0 Å². The monoisotopic (exact) mass is 284 g/mol. The summed E-state index contributed by atoms with van der Waals surface area (Å²) in [5.74, 6) is 3.72. The van der Waals surface area contributed by atoms with Crippen molar-refractivity contribution < 1.29 is 4.79 Å². The van der Waals surface area contributed by atoms with Crippen molar-refractivity contribution in [3.63, 3.8) is 0 Å². The van der Waals surface area contributed by atoms with E-state index in [0.717, 1.165) is 34.9 Å². The van der Waals surface area contributed by atoms with Crippen LogP contribution in [0.4, 0.5) is 5.69 Å². The predicted octanol–water partition coefficient (Wildman–Crippen LogP) is 2.75. The van der Waals surface area contributed by atoms with E-state index in [1.165, 1.54) is 32.1 Å². The van der Waals surface area contributed by atoms with Gasteiger partial charge in [-0.15, -0.1) is 0 Å². The first-order valence-electron chi connectivity index (χ1n) is 8.34. The van der Waals surface area contributed by atoms with Crippen LogP contribution in [0.1, 0.15) is 37.7 Å². The van der Waals surface area contributed by atoms with Crippen LogP contribution < -0.4 is 11.1 Å². The molecular formula is C18H24N2O. The van der Waals surface area contributed by atoms with E-state index in [9.17, 15) is 4.79 Å². The third kappa shape index (κ3) is 2.33. The lowest BCUT2D eigenvalue weighted by Crippen LogP contribution is -2.43. The molecule has 3 aliphatic rings. The summed E-state index contributed by atoms with van der Waals surface area (Å²) in [4.78, 5) is 12.3. The molecule has 1 amide bonds. The SMILES string of the molecule is Nc1ccc(CC(=O)NC2CC3CC2C2CCCC32)cc1. The van der Waals surface area contributed by atoms with Crippen LogP contribution >= 0.6 is 0 Å². The molecule has 0 aromatic heterocycles. The second-order valence-electron chi connectivity index (χ2n) is 7.25. The van der Waals surface area contributed by atoms with Crippen LogP contribution in [-0.4, -0.2) is 11.9 Å². The zero-order chi connectivity index (χ0) is 14.4. The standard InChI is InChI=1S/C18H24N2O/c19-13-6-4-11(5-7-13)8-18(21)20-17-10-12-9-16(17)15-3-1-2-14(12)15/h4-7,12,14-17H,1-3,8-10,19H2,(H,20,21). The van der Waals surface area contributed by atoms with Gasteiger partial charge in [0.15, 0.2) is 0 Å². The van der Waals surface area contributed by atoms with Crippen LogP contribution in [0.25, 0.3) is 0 Å². The lowest BCUT2D eigenvalue weighted by atomic mass is 9.79. The first kappa shape index (κ1) is 13.2. The molecule has 0 saturated heterocycles. The normalized spacial score (nSPS) is 36.7. The summed E-state index contributed by atoms with van der Waals surface area (Å²) in [6, 6.07) is 8.06. The van der Waals surface area contributed by atoms with E-state index in [2.05, 4.69) is 5.32 Å². The van der Waals surface area contributed by atoms with E-state index in [1.54, 1.807) is 0 Å². The molecule has 3 saturated carbocycles. The minimum Gasteiger partial charge on any atom is -0.399 e. The number of rotatable bonds is 3. The average Bonchev–Trinajstić information content (AvgIpc) is 3.13. The van der Waals surface area contributed by atoms with E-state index in [4.69, 9.17) is 5.73 Å². The summed E-state index contributed by atoms with van der Waals surface area (Å²) >= 11 is 0. The average molecular weight is 284 g/mol. The van der Waals surface area contributed by atoms with E-state index < -0.39 is 0 Å². The fourth-order valence-corrected chi connectivity index (χ4v) is 5.31. The summed E-state index contributed by atoms with van der Waals surface area (Å²) in [5.41, 5.74) is 7.47. The molecule has 5 unspecified atom stereocenters. The fourth-order valence-electron chi connectivity index (χ4n) is 5.31. The minimum atomic E-state index is 0.173. The molecule has 4 rings (SSSR count). The van der Waals surface area contributed by atoms with Gasteiger partial charge in [-0.2, -0.15) is 0 Å². The Kier molecular flexibility index (Phi) is 3.16. The van der Waals surface area contributed by atoms with Crippen molar-refractivity contribution >= 4 is 11.6 Å². The fraction of sp³-hybridized carbons (Fsp3) is 0.611. The third-order valence-electron chi connectivity index (χ3n) is 6.12. The van der Waals surface area contributed by atoms with Gasteiger partial charge in [0.1, 0.15) is 0 Å². The number of anilines is 1. The lowest BCUT2D eigenvalue weighted by molar-refractivity contribution is -0.121. The predicted molar refractivity (Wildman–Crippen MR) is 83.5 cm³/mol. The van der Waals surface area contributed by atoms with E-state index >= 15 is 0 Å². The molecule has 1 aromatic rings. The number of nitrogen functional groups attached to an aromatic ring is 1. The maximum absolute atomic E-state index is 12.3. The van der Waals surface area contributed by atoms with Gasteiger partial charge in [0.2, 0.25) is 5.91 Å². The Morgan fingerprint density at radius 3 is 2.67 bits per heavy atom. The first-order chi connectivity index (χ1) is 10.2. The van der Waals surface area contributed by atoms with Gasteiger partial charge in [0.05, 0.1) is 6.42 Å². The largest absolute Gasteiger partial charge is 0.399 e. The summed E-state index contributed by atoms with van der Waals surface area (Å²) in [7, 11) is 0. The second-order valence-corrected chi connectivity index (χ2v) is 7.25. The highest BCUT2D eigenvalue weighted by molar-refractivity contribution is 5.79. The van der Waals surface area contributed by atoms with Crippen molar-refractivity contribution in [1.29, 1.82) is 0 Å². The molecule has 0 radical (unpaired) electrons. The number of nitrogens with one attached hydrogen (secondary N) is 1.